The standard InChI is InChI=1S/C19H20FNO2/c1-4-14(2)13-23-18-11-7-16(8-12-18)19(21-22-3)15-5-9-17(20)10-6-15/h5-12H,2,4,13H2,1,3H3/b21-19-. The SMILES string of the molecule is C=C(CC)COc1ccc(/C(=N\OC)c2ccc(F)cc2)cc1. The second-order valence-corrected chi connectivity index (χ2v) is 5.05. The lowest BCUT2D eigenvalue weighted by molar-refractivity contribution is 0.214. The van der Waals surface area contributed by atoms with Crippen LogP contribution in [0.3, 0.4) is 0 Å². The number of halogens is 1. The molecule has 0 aromatic heterocycles. The molecule has 0 saturated heterocycles. The lowest BCUT2D eigenvalue weighted by atomic mass is 10.0. The van der Waals surface area contributed by atoms with Crippen molar-refractivity contribution in [3.05, 3.63) is 77.6 Å². The summed E-state index contributed by atoms with van der Waals surface area (Å²) in [6.45, 7) is 6.47. The fourth-order valence-electron chi connectivity index (χ4n) is 1.97. The monoisotopic (exact) mass is 313 g/mol. The van der Waals surface area contributed by atoms with Gasteiger partial charge < -0.3 is 9.57 Å². The molecule has 2 aromatic carbocycles. The van der Waals surface area contributed by atoms with Crippen LogP contribution >= 0.6 is 0 Å². The summed E-state index contributed by atoms with van der Waals surface area (Å²) in [6, 6.07) is 13.7. The van der Waals surface area contributed by atoms with Gasteiger partial charge in [-0.15, -0.1) is 0 Å². The first kappa shape index (κ1) is 16.7. The number of ether oxygens (including phenoxy) is 1. The summed E-state index contributed by atoms with van der Waals surface area (Å²) in [7, 11) is 1.48. The Morgan fingerprint density at radius 3 is 2.13 bits per heavy atom. The summed E-state index contributed by atoms with van der Waals surface area (Å²) in [6.07, 6.45) is 0.896. The van der Waals surface area contributed by atoms with Crippen LogP contribution < -0.4 is 4.74 Å². The molecule has 0 aliphatic carbocycles. The molecule has 0 spiro atoms. The lowest BCUT2D eigenvalue weighted by Crippen LogP contribution is -2.05. The second-order valence-electron chi connectivity index (χ2n) is 5.05. The molecule has 0 amide bonds. The highest BCUT2D eigenvalue weighted by atomic mass is 19.1. The predicted octanol–water partition coefficient (Wildman–Crippen LogP) is 4.57. The highest BCUT2D eigenvalue weighted by Gasteiger charge is 2.09. The molecule has 0 N–H and O–H groups in total. The fourth-order valence-corrected chi connectivity index (χ4v) is 1.97. The second kappa shape index (κ2) is 8.13. The minimum Gasteiger partial charge on any atom is -0.489 e. The molecule has 0 aliphatic heterocycles. The Hall–Kier alpha value is -2.62. The van der Waals surface area contributed by atoms with Crippen LogP contribution in [0.15, 0.2) is 65.8 Å². The van der Waals surface area contributed by atoms with Gasteiger partial charge in [-0.3, -0.25) is 0 Å². The van der Waals surface area contributed by atoms with E-state index >= 15 is 0 Å². The molecule has 23 heavy (non-hydrogen) atoms. The Labute approximate surface area is 136 Å². The Morgan fingerprint density at radius 1 is 1.04 bits per heavy atom. The van der Waals surface area contributed by atoms with Gasteiger partial charge in [0.2, 0.25) is 0 Å². The number of hydrogen-bond donors (Lipinski definition) is 0. The van der Waals surface area contributed by atoms with E-state index in [9.17, 15) is 4.39 Å². The van der Waals surface area contributed by atoms with Gasteiger partial charge in [0.25, 0.3) is 0 Å². The smallest absolute Gasteiger partial charge is 0.123 e. The fraction of sp³-hybridized carbons (Fsp3) is 0.211. The molecule has 3 nitrogen and oxygen atoms in total. The highest BCUT2D eigenvalue weighted by molar-refractivity contribution is 6.12. The third kappa shape index (κ3) is 4.68. The predicted molar refractivity (Wildman–Crippen MR) is 90.4 cm³/mol. The first-order chi connectivity index (χ1) is 11.1. The number of benzene rings is 2. The van der Waals surface area contributed by atoms with Crippen molar-refractivity contribution in [3.8, 4) is 5.75 Å². The largest absolute Gasteiger partial charge is 0.489 e. The molecule has 0 unspecified atom stereocenters. The van der Waals surface area contributed by atoms with Crippen LogP contribution in [-0.2, 0) is 4.84 Å². The summed E-state index contributed by atoms with van der Waals surface area (Å²) in [5, 5.41) is 4.05. The molecule has 0 heterocycles. The number of nitrogens with zero attached hydrogens (tertiary/aromatic N) is 1. The van der Waals surface area contributed by atoms with Gasteiger partial charge in [-0.1, -0.05) is 18.7 Å². The van der Waals surface area contributed by atoms with Crippen molar-refractivity contribution in [1.82, 2.24) is 0 Å². The van der Waals surface area contributed by atoms with Gasteiger partial charge in [0.15, 0.2) is 0 Å². The maximum atomic E-state index is 13.1. The van der Waals surface area contributed by atoms with E-state index < -0.39 is 0 Å². The molecule has 4 heteroatoms. The van der Waals surface area contributed by atoms with E-state index in [0.717, 1.165) is 28.9 Å². The maximum Gasteiger partial charge on any atom is 0.123 e. The van der Waals surface area contributed by atoms with Gasteiger partial charge in [0, 0.05) is 11.1 Å². The van der Waals surface area contributed by atoms with Crippen molar-refractivity contribution in [1.29, 1.82) is 0 Å². The Bertz CT molecular complexity index is 676. The summed E-state index contributed by atoms with van der Waals surface area (Å²) in [5.74, 6) is 0.477. The van der Waals surface area contributed by atoms with E-state index in [1.807, 2.05) is 31.2 Å². The minimum absolute atomic E-state index is 0.287. The van der Waals surface area contributed by atoms with Gasteiger partial charge in [-0.25, -0.2) is 4.39 Å². The van der Waals surface area contributed by atoms with Crippen LogP contribution in [0.4, 0.5) is 4.39 Å². The van der Waals surface area contributed by atoms with Crippen LogP contribution in [0.25, 0.3) is 0 Å². The van der Waals surface area contributed by atoms with Gasteiger partial charge in [-0.2, -0.15) is 0 Å². The molecular formula is C19H20FNO2. The van der Waals surface area contributed by atoms with Crippen molar-refractivity contribution in [2.24, 2.45) is 5.16 Å². The van der Waals surface area contributed by atoms with Gasteiger partial charge >= 0.3 is 0 Å². The quantitative estimate of drug-likeness (QED) is 0.426. The van der Waals surface area contributed by atoms with E-state index in [1.54, 1.807) is 12.1 Å². The number of oxime groups is 1. The van der Waals surface area contributed by atoms with Crippen LogP contribution in [0.1, 0.15) is 24.5 Å². The topological polar surface area (TPSA) is 30.8 Å². The van der Waals surface area contributed by atoms with Crippen LogP contribution in [0, 0.1) is 5.82 Å². The normalized spacial score (nSPS) is 11.2. The lowest BCUT2D eigenvalue weighted by Gasteiger charge is -2.09. The van der Waals surface area contributed by atoms with Crippen molar-refractivity contribution in [3.63, 3.8) is 0 Å². The Balaban J connectivity index is 2.19. The van der Waals surface area contributed by atoms with Crippen molar-refractivity contribution in [2.45, 2.75) is 13.3 Å². The van der Waals surface area contributed by atoms with E-state index in [0.29, 0.717) is 12.3 Å². The zero-order valence-electron chi connectivity index (χ0n) is 13.4. The van der Waals surface area contributed by atoms with Gasteiger partial charge in [0.1, 0.15) is 31.0 Å². The summed E-state index contributed by atoms with van der Waals surface area (Å²) in [5.41, 5.74) is 3.32. The van der Waals surface area contributed by atoms with Crippen LogP contribution in [0.2, 0.25) is 0 Å². The molecule has 0 aliphatic rings. The van der Waals surface area contributed by atoms with Gasteiger partial charge in [0.05, 0.1) is 0 Å². The molecule has 0 bridgehead atoms. The highest BCUT2D eigenvalue weighted by Crippen LogP contribution is 2.17. The molecule has 2 aromatic rings. The third-order valence-electron chi connectivity index (χ3n) is 3.37. The van der Waals surface area contributed by atoms with Crippen molar-refractivity contribution >= 4 is 5.71 Å². The molecular weight excluding hydrogens is 293 g/mol. The zero-order valence-corrected chi connectivity index (χ0v) is 13.4. The molecule has 2 rings (SSSR count). The maximum absolute atomic E-state index is 13.1. The van der Waals surface area contributed by atoms with Crippen molar-refractivity contribution < 1.29 is 14.0 Å². The van der Waals surface area contributed by atoms with Crippen LogP contribution in [-0.4, -0.2) is 19.4 Å². The molecule has 120 valence electrons. The first-order valence-electron chi connectivity index (χ1n) is 7.41. The average molecular weight is 313 g/mol. The zero-order chi connectivity index (χ0) is 16.7. The molecule has 0 atom stereocenters. The van der Waals surface area contributed by atoms with E-state index in [2.05, 4.69) is 11.7 Å². The summed E-state index contributed by atoms with van der Waals surface area (Å²) >= 11 is 0. The Morgan fingerprint density at radius 2 is 1.61 bits per heavy atom. The first-order valence-corrected chi connectivity index (χ1v) is 7.41. The van der Waals surface area contributed by atoms with E-state index in [-0.39, 0.29) is 5.82 Å². The summed E-state index contributed by atoms with van der Waals surface area (Å²) < 4.78 is 18.7. The van der Waals surface area contributed by atoms with Gasteiger partial charge in [-0.05, 0) is 60.5 Å². The van der Waals surface area contributed by atoms with E-state index in [1.165, 1.54) is 19.2 Å². The minimum atomic E-state index is -0.287. The number of hydrogen-bond acceptors (Lipinski definition) is 3. The number of rotatable bonds is 7. The molecule has 0 saturated carbocycles. The summed E-state index contributed by atoms with van der Waals surface area (Å²) in [4.78, 5) is 4.92. The van der Waals surface area contributed by atoms with Crippen molar-refractivity contribution in [2.75, 3.05) is 13.7 Å². The van der Waals surface area contributed by atoms with E-state index in [4.69, 9.17) is 9.57 Å². The Kier molecular flexibility index (Phi) is 5.92. The third-order valence-corrected chi connectivity index (χ3v) is 3.37. The molecule has 0 radical (unpaired) electrons. The average Bonchev–Trinajstić information content (AvgIpc) is 2.59. The molecule has 0 fully saturated rings. The van der Waals surface area contributed by atoms with Crippen LogP contribution in [0.5, 0.6) is 5.75 Å².